The van der Waals surface area contributed by atoms with Gasteiger partial charge < -0.3 is 14.8 Å². The monoisotopic (exact) mass is 389 g/mol. The Kier molecular flexibility index (Phi) is 6.19. The lowest BCUT2D eigenvalue weighted by atomic mass is 9.94. The van der Waals surface area contributed by atoms with Crippen molar-refractivity contribution in [3.05, 3.63) is 83.9 Å². The first-order valence-electron chi connectivity index (χ1n) is 10.3. The number of hydrogen-bond acceptors (Lipinski definition) is 3. The Labute approximate surface area is 171 Å². The molecule has 0 aliphatic carbocycles. The molecule has 1 N–H and O–H groups in total. The molecule has 1 unspecified atom stereocenters. The highest BCUT2D eigenvalue weighted by Gasteiger charge is 2.25. The normalized spacial score (nSPS) is 16.6. The average molecular weight is 390 g/mol. The van der Waals surface area contributed by atoms with E-state index < -0.39 is 0 Å². The van der Waals surface area contributed by atoms with Crippen LogP contribution in [-0.2, 0) is 19.5 Å². The number of likely N-dealkylation sites (tertiary alicyclic amines) is 1. The van der Waals surface area contributed by atoms with Crippen molar-refractivity contribution in [1.29, 1.82) is 0 Å². The Hall–Kier alpha value is -3.15. The van der Waals surface area contributed by atoms with E-state index in [-0.39, 0.29) is 6.03 Å². The summed E-state index contributed by atoms with van der Waals surface area (Å²) in [6.07, 6.45) is 4.78. The summed E-state index contributed by atoms with van der Waals surface area (Å²) < 4.78 is 2.11. The van der Waals surface area contributed by atoms with Gasteiger partial charge in [-0.05, 0) is 29.9 Å². The Balaban J connectivity index is 1.32. The molecule has 0 saturated carbocycles. The number of rotatable bonds is 6. The molecule has 2 heterocycles. The molecule has 29 heavy (non-hydrogen) atoms. The van der Waals surface area contributed by atoms with Gasteiger partial charge in [0.1, 0.15) is 12.2 Å². The quantitative estimate of drug-likeness (QED) is 0.702. The smallest absolute Gasteiger partial charge is 0.317 e. The van der Waals surface area contributed by atoms with Gasteiger partial charge in [-0.25, -0.2) is 4.79 Å². The first-order chi connectivity index (χ1) is 14.3. The van der Waals surface area contributed by atoms with E-state index in [1.165, 1.54) is 5.56 Å². The van der Waals surface area contributed by atoms with Crippen LogP contribution in [0.25, 0.3) is 0 Å². The van der Waals surface area contributed by atoms with Gasteiger partial charge >= 0.3 is 6.03 Å². The molecular formula is C23H27N5O. The van der Waals surface area contributed by atoms with Crippen LogP contribution in [-0.4, -0.2) is 38.8 Å². The minimum absolute atomic E-state index is 0.0179. The topological polar surface area (TPSA) is 63.1 Å². The molecule has 0 radical (unpaired) electrons. The molecule has 1 aliphatic rings. The summed E-state index contributed by atoms with van der Waals surface area (Å²) in [5.41, 5.74) is 2.35. The number of hydrogen-bond donors (Lipinski definition) is 1. The van der Waals surface area contributed by atoms with Crippen LogP contribution in [0.3, 0.4) is 0 Å². The third-order valence-corrected chi connectivity index (χ3v) is 5.46. The van der Waals surface area contributed by atoms with Gasteiger partial charge in [-0.1, -0.05) is 60.7 Å². The van der Waals surface area contributed by atoms with Crippen molar-refractivity contribution in [3.8, 4) is 0 Å². The molecule has 2 amide bonds. The molecule has 6 heteroatoms. The van der Waals surface area contributed by atoms with Gasteiger partial charge in [-0.2, -0.15) is 0 Å². The Morgan fingerprint density at radius 2 is 1.76 bits per heavy atom. The van der Waals surface area contributed by atoms with Gasteiger partial charge in [-0.3, -0.25) is 0 Å². The second-order valence-electron chi connectivity index (χ2n) is 7.66. The van der Waals surface area contributed by atoms with E-state index in [2.05, 4.69) is 32.2 Å². The highest BCUT2D eigenvalue weighted by Crippen LogP contribution is 2.20. The fraction of sp³-hybridized carbons (Fsp3) is 0.348. The first-order valence-corrected chi connectivity index (χ1v) is 10.3. The molecule has 1 atom stereocenters. The largest absolute Gasteiger partial charge is 0.334 e. The van der Waals surface area contributed by atoms with Crippen molar-refractivity contribution in [2.45, 2.75) is 32.4 Å². The maximum Gasteiger partial charge on any atom is 0.317 e. The van der Waals surface area contributed by atoms with E-state index in [1.54, 1.807) is 6.33 Å². The van der Waals surface area contributed by atoms with E-state index in [1.807, 2.05) is 53.4 Å². The van der Waals surface area contributed by atoms with Gasteiger partial charge in [0.05, 0.1) is 6.54 Å². The fourth-order valence-electron chi connectivity index (χ4n) is 3.91. The predicted octanol–water partition coefficient (Wildman–Crippen LogP) is 3.49. The summed E-state index contributed by atoms with van der Waals surface area (Å²) in [5.74, 6) is 1.40. The number of piperidine rings is 1. The molecule has 6 nitrogen and oxygen atoms in total. The average Bonchev–Trinajstić information content (AvgIpc) is 3.20. The Morgan fingerprint density at radius 3 is 2.52 bits per heavy atom. The van der Waals surface area contributed by atoms with Crippen LogP contribution in [0.4, 0.5) is 4.79 Å². The van der Waals surface area contributed by atoms with Gasteiger partial charge in [0.25, 0.3) is 0 Å². The number of urea groups is 1. The number of nitrogens with zero attached hydrogens (tertiary/aromatic N) is 4. The second kappa shape index (κ2) is 9.37. The molecular weight excluding hydrogens is 362 g/mol. The minimum Gasteiger partial charge on any atom is -0.334 e. The number of aromatic nitrogens is 3. The second-order valence-corrected chi connectivity index (χ2v) is 7.66. The third kappa shape index (κ3) is 5.22. The van der Waals surface area contributed by atoms with Crippen molar-refractivity contribution in [1.82, 2.24) is 25.0 Å². The maximum atomic E-state index is 12.6. The lowest BCUT2D eigenvalue weighted by molar-refractivity contribution is 0.164. The van der Waals surface area contributed by atoms with E-state index in [0.29, 0.717) is 12.5 Å². The van der Waals surface area contributed by atoms with Crippen molar-refractivity contribution >= 4 is 6.03 Å². The van der Waals surface area contributed by atoms with Crippen LogP contribution in [0.2, 0.25) is 0 Å². The van der Waals surface area contributed by atoms with E-state index in [0.717, 1.165) is 50.3 Å². The molecule has 1 aliphatic heterocycles. The molecule has 0 spiro atoms. The van der Waals surface area contributed by atoms with Crippen molar-refractivity contribution < 1.29 is 4.79 Å². The Morgan fingerprint density at radius 1 is 1.03 bits per heavy atom. The molecule has 1 saturated heterocycles. The fourth-order valence-corrected chi connectivity index (χ4v) is 3.91. The summed E-state index contributed by atoms with van der Waals surface area (Å²) >= 11 is 0. The number of amides is 2. The van der Waals surface area contributed by atoms with Crippen LogP contribution in [0.15, 0.2) is 67.0 Å². The van der Waals surface area contributed by atoms with Crippen molar-refractivity contribution in [2.24, 2.45) is 5.92 Å². The van der Waals surface area contributed by atoms with Crippen LogP contribution < -0.4 is 5.32 Å². The van der Waals surface area contributed by atoms with Gasteiger partial charge in [0.2, 0.25) is 0 Å². The van der Waals surface area contributed by atoms with E-state index >= 15 is 0 Å². The molecule has 3 aromatic rings. The Bertz CT molecular complexity index is 909. The summed E-state index contributed by atoms with van der Waals surface area (Å²) in [6.45, 7) is 2.91. The van der Waals surface area contributed by atoms with Gasteiger partial charge in [0.15, 0.2) is 0 Å². The van der Waals surface area contributed by atoms with Crippen molar-refractivity contribution in [2.75, 3.05) is 13.1 Å². The highest BCUT2D eigenvalue weighted by atomic mass is 16.2. The van der Waals surface area contributed by atoms with Crippen LogP contribution >= 0.6 is 0 Å². The predicted molar refractivity (Wildman–Crippen MR) is 112 cm³/mol. The molecule has 150 valence electrons. The SMILES string of the molecule is O=C(NCc1ccccc1)N1CCCC(Cc2nncn2Cc2ccccc2)C1. The zero-order chi connectivity index (χ0) is 19.9. The van der Waals surface area contributed by atoms with Crippen molar-refractivity contribution in [3.63, 3.8) is 0 Å². The van der Waals surface area contributed by atoms with Crippen LogP contribution in [0.5, 0.6) is 0 Å². The molecule has 1 fully saturated rings. The van der Waals surface area contributed by atoms with Crippen LogP contribution in [0, 0.1) is 5.92 Å². The zero-order valence-corrected chi connectivity index (χ0v) is 16.6. The van der Waals surface area contributed by atoms with Gasteiger partial charge in [0, 0.05) is 26.1 Å². The number of carbonyl (C=O) groups is 1. The van der Waals surface area contributed by atoms with E-state index in [9.17, 15) is 4.79 Å². The first kappa shape index (κ1) is 19.2. The lowest BCUT2D eigenvalue weighted by Crippen LogP contribution is -2.45. The number of carbonyl (C=O) groups excluding carboxylic acids is 1. The molecule has 0 bridgehead atoms. The molecule has 2 aromatic carbocycles. The summed E-state index contributed by atoms with van der Waals surface area (Å²) in [4.78, 5) is 14.5. The van der Waals surface area contributed by atoms with Gasteiger partial charge in [-0.15, -0.1) is 10.2 Å². The molecule has 1 aromatic heterocycles. The summed E-state index contributed by atoms with van der Waals surface area (Å²) in [6, 6.07) is 20.4. The zero-order valence-electron chi connectivity index (χ0n) is 16.6. The third-order valence-electron chi connectivity index (χ3n) is 5.46. The molecule has 4 rings (SSSR count). The van der Waals surface area contributed by atoms with Crippen LogP contribution in [0.1, 0.15) is 29.8 Å². The standard InChI is InChI=1S/C23H27N5O/c29-23(24-15-19-8-3-1-4-9-19)27-13-7-12-21(17-27)14-22-26-25-18-28(22)16-20-10-5-2-6-11-20/h1-6,8-11,18,21H,7,12-17H2,(H,24,29). The maximum absolute atomic E-state index is 12.6. The lowest BCUT2D eigenvalue weighted by Gasteiger charge is -2.32. The minimum atomic E-state index is 0.0179. The summed E-state index contributed by atoms with van der Waals surface area (Å²) in [7, 11) is 0. The summed E-state index contributed by atoms with van der Waals surface area (Å²) in [5, 5.41) is 11.5. The van der Waals surface area contributed by atoms with E-state index in [4.69, 9.17) is 0 Å². The number of benzene rings is 2. The number of nitrogens with one attached hydrogen (secondary N) is 1. The highest BCUT2D eigenvalue weighted by molar-refractivity contribution is 5.74.